The van der Waals surface area contributed by atoms with E-state index >= 15 is 0 Å². The first kappa shape index (κ1) is 14.9. The Hall–Kier alpha value is -2.61. The van der Waals surface area contributed by atoms with Gasteiger partial charge in [0.15, 0.2) is 0 Å². The molecule has 8 heteroatoms. The van der Waals surface area contributed by atoms with Crippen molar-refractivity contribution in [1.82, 2.24) is 19.5 Å². The highest BCUT2D eigenvalue weighted by Gasteiger charge is 2.33. The van der Waals surface area contributed by atoms with E-state index in [-0.39, 0.29) is 17.6 Å². The van der Waals surface area contributed by atoms with Crippen LogP contribution in [-0.4, -0.2) is 38.5 Å². The molecular weight excluding hydrogens is 331 g/mol. The number of nitrogens with zero attached hydrogens (tertiary/aromatic N) is 4. The number of benzene rings is 1. The minimum absolute atomic E-state index is 0.00127. The summed E-state index contributed by atoms with van der Waals surface area (Å²) < 4.78 is 22.3. The molecule has 1 saturated heterocycles. The lowest BCUT2D eigenvalue weighted by molar-refractivity contribution is 0.0461. The second-order valence-electron chi connectivity index (χ2n) is 5.70. The Bertz CT molecular complexity index is 841. The normalized spacial score (nSPS) is 14.6. The van der Waals surface area contributed by atoms with Gasteiger partial charge >= 0.3 is 11.8 Å². The van der Waals surface area contributed by atoms with Gasteiger partial charge in [-0.3, -0.25) is 4.79 Å². The van der Waals surface area contributed by atoms with Crippen LogP contribution in [0.1, 0.15) is 16.2 Å². The highest BCUT2D eigenvalue weighted by Crippen LogP contribution is 2.25. The van der Waals surface area contributed by atoms with Gasteiger partial charge in [-0.15, -0.1) is 10.2 Å². The number of amides is 1. The highest BCUT2D eigenvalue weighted by atomic mass is 32.1. The molecule has 0 atom stereocenters. The van der Waals surface area contributed by atoms with Crippen molar-refractivity contribution >= 4 is 17.4 Å². The van der Waals surface area contributed by atoms with E-state index in [0.717, 1.165) is 16.9 Å². The molecule has 3 heterocycles. The SMILES string of the molecule is O=C(c1nnc(-c2ccns2)o1)N1CC(Cc2ccc(F)cc2)C1. The van der Waals surface area contributed by atoms with E-state index in [4.69, 9.17) is 4.42 Å². The maximum atomic E-state index is 12.9. The van der Waals surface area contributed by atoms with Crippen LogP contribution < -0.4 is 0 Å². The molecule has 1 amide bonds. The summed E-state index contributed by atoms with van der Waals surface area (Å²) in [7, 11) is 0. The van der Waals surface area contributed by atoms with Crippen molar-refractivity contribution in [1.29, 1.82) is 0 Å². The fourth-order valence-corrected chi connectivity index (χ4v) is 3.21. The molecule has 24 heavy (non-hydrogen) atoms. The van der Waals surface area contributed by atoms with Crippen LogP contribution in [0.25, 0.3) is 10.8 Å². The molecule has 6 nitrogen and oxygen atoms in total. The van der Waals surface area contributed by atoms with Crippen molar-refractivity contribution in [3.8, 4) is 10.8 Å². The summed E-state index contributed by atoms with van der Waals surface area (Å²) in [6.07, 6.45) is 2.46. The Morgan fingerprint density at radius 2 is 2.04 bits per heavy atom. The molecule has 1 aliphatic heterocycles. The van der Waals surface area contributed by atoms with Crippen LogP contribution in [0.5, 0.6) is 0 Å². The molecule has 0 saturated carbocycles. The molecule has 4 rings (SSSR count). The van der Waals surface area contributed by atoms with Gasteiger partial charge in [0.05, 0.1) is 0 Å². The first-order chi connectivity index (χ1) is 11.7. The summed E-state index contributed by atoms with van der Waals surface area (Å²) in [5.41, 5.74) is 1.07. The van der Waals surface area contributed by atoms with Crippen molar-refractivity contribution in [2.75, 3.05) is 13.1 Å². The van der Waals surface area contributed by atoms with Crippen molar-refractivity contribution in [3.05, 3.63) is 53.8 Å². The molecule has 0 N–H and O–H groups in total. The average Bonchev–Trinajstić information content (AvgIpc) is 3.22. The molecule has 2 aromatic heterocycles. The highest BCUT2D eigenvalue weighted by molar-refractivity contribution is 7.09. The summed E-state index contributed by atoms with van der Waals surface area (Å²) in [5.74, 6) is 0.178. The Balaban J connectivity index is 1.35. The molecule has 3 aromatic rings. The number of carbonyl (C=O) groups excluding carboxylic acids is 1. The molecule has 1 aromatic carbocycles. The van der Waals surface area contributed by atoms with Gasteiger partial charge in [-0.1, -0.05) is 12.1 Å². The molecule has 0 bridgehead atoms. The number of rotatable bonds is 4. The average molecular weight is 344 g/mol. The predicted molar refractivity (Wildman–Crippen MR) is 84.9 cm³/mol. The van der Waals surface area contributed by atoms with Crippen LogP contribution in [-0.2, 0) is 6.42 Å². The summed E-state index contributed by atoms with van der Waals surface area (Å²) in [6, 6.07) is 8.22. The van der Waals surface area contributed by atoms with E-state index in [1.54, 1.807) is 29.3 Å². The zero-order chi connectivity index (χ0) is 16.5. The molecule has 0 radical (unpaired) electrons. The summed E-state index contributed by atoms with van der Waals surface area (Å²) in [5, 5.41) is 7.71. The zero-order valence-electron chi connectivity index (χ0n) is 12.6. The predicted octanol–water partition coefficient (Wildman–Crippen LogP) is 2.65. The van der Waals surface area contributed by atoms with Crippen molar-refractivity contribution in [2.24, 2.45) is 5.92 Å². The second kappa shape index (κ2) is 6.12. The van der Waals surface area contributed by atoms with Gasteiger partial charge in [0.1, 0.15) is 10.7 Å². The van der Waals surface area contributed by atoms with E-state index < -0.39 is 0 Å². The topological polar surface area (TPSA) is 72.1 Å². The fraction of sp³-hybridized carbons (Fsp3) is 0.250. The maximum absolute atomic E-state index is 12.9. The van der Waals surface area contributed by atoms with E-state index in [1.165, 1.54) is 23.7 Å². The van der Waals surface area contributed by atoms with Crippen LogP contribution in [0, 0.1) is 11.7 Å². The van der Waals surface area contributed by atoms with Crippen LogP contribution in [0.2, 0.25) is 0 Å². The Morgan fingerprint density at radius 3 is 2.75 bits per heavy atom. The number of hydrogen-bond donors (Lipinski definition) is 0. The van der Waals surface area contributed by atoms with Crippen molar-refractivity contribution in [3.63, 3.8) is 0 Å². The fourth-order valence-electron chi connectivity index (χ4n) is 2.69. The van der Waals surface area contributed by atoms with Crippen LogP contribution in [0.4, 0.5) is 4.39 Å². The molecular formula is C16H13FN4O2S. The van der Waals surface area contributed by atoms with Crippen LogP contribution in [0.3, 0.4) is 0 Å². The van der Waals surface area contributed by atoms with Gasteiger partial charge < -0.3 is 9.32 Å². The first-order valence-corrected chi connectivity index (χ1v) is 8.24. The van der Waals surface area contributed by atoms with E-state index in [1.807, 2.05) is 0 Å². The van der Waals surface area contributed by atoms with Gasteiger partial charge in [0, 0.05) is 19.3 Å². The van der Waals surface area contributed by atoms with E-state index in [2.05, 4.69) is 14.6 Å². The van der Waals surface area contributed by atoms with Gasteiger partial charge in [-0.2, -0.15) is 0 Å². The number of aromatic nitrogens is 3. The van der Waals surface area contributed by atoms with Crippen molar-refractivity contribution in [2.45, 2.75) is 6.42 Å². The van der Waals surface area contributed by atoms with Gasteiger partial charge in [-0.05, 0) is 47.6 Å². The Labute approximate surface area is 141 Å². The Morgan fingerprint density at radius 1 is 1.25 bits per heavy atom. The summed E-state index contributed by atoms with van der Waals surface area (Å²) in [6.45, 7) is 1.27. The molecule has 0 spiro atoms. The lowest BCUT2D eigenvalue weighted by Gasteiger charge is -2.38. The first-order valence-electron chi connectivity index (χ1n) is 7.47. The van der Waals surface area contributed by atoms with Crippen LogP contribution in [0.15, 0.2) is 40.9 Å². The lowest BCUT2D eigenvalue weighted by atomic mass is 9.92. The minimum atomic E-state index is -0.256. The molecule has 0 unspecified atom stereocenters. The minimum Gasteiger partial charge on any atom is -0.411 e. The van der Waals surface area contributed by atoms with E-state index in [0.29, 0.717) is 24.9 Å². The monoisotopic (exact) mass is 344 g/mol. The number of carbonyl (C=O) groups is 1. The quantitative estimate of drug-likeness (QED) is 0.727. The van der Waals surface area contributed by atoms with Gasteiger partial charge in [0.25, 0.3) is 5.89 Å². The lowest BCUT2D eigenvalue weighted by Crippen LogP contribution is -2.50. The number of likely N-dealkylation sites (tertiary alicyclic amines) is 1. The third kappa shape index (κ3) is 2.92. The third-order valence-electron chi connectivity index (χ3n) is 3.94. The molecule has 1 fully saturated rings. The maximum Gasteiger partial charge on any atom is 0.311 e. The second-order valence-corrected chi connectivity index (χ2v) is 6.53. The Kier molecular flexibility index (Phi) is 3.81. The van der Waals surface area contributed by atoms with Crippen LogP contribution >= 0.6 is 11.5 Å². The van der Waals surface area contributed by atoms with Gasteiger partial charge in [-0.25, -0.2) is 8.76 Å². The summed E-state index contributed by atoms with van der Waals surface area (Å²) >= 11 is 1.23. The van der Waals surface area contributed by atoms with Crippen molar-refractivity contribution < 1.29 is 13.6 Å². The standard InChI is InChI=1S/C16H13FN4O2S/c17-12-3-1-10(2-4-12)7-11-8-21(9-11)16(22)15-20-19-14(23-15)13-5-6-18-24-13/h1-6,11H,7-9H2. The van der Waals surface area contributed by atoms with E-state index in [9.17, 15) is 9.18 Å². The van der Waals surface area contributed by atoms with Gasteiger partial charge in [0.2, 0.25) is 0 Å². The summed E-state index contributed by atoms with van der Waals surface area (Å²) in [4.78, 5) is 14.7. The largest absolute Gasteiger partial charge is 0.411 e. The zero-order valence-corrected chi connectivity index (χ0v) is 13.4. The molecule has 1 aliphatic rings. The number of hydrogen-bond acceptors (Lipinski definition) is 6. The molecule has 122 valence electrons. The smallest absolute Gasteiger partial charge is 0.311 e. The third-order valence-corrected chi connectivity index (χ3v) is 4.67. The molecule has 0 aliphatic carbocycles. The number of halogens is 1.